The van der Waals surface area contributed by atoms with Crippen LogP contribution in [0.4, 0.5) is 0 Å². The van der Waals surface area contributed by atoms with Gasteiger partial charge in [-0.1, -0.05) is 0 Å². The zero-order chi connectivity index (χ0) is 7.56. The molecular formula is C7H8S3. The molecule has 0 unspecified atom stereocenters. The fraction of sp³-hybridized carbons (Fsp3) is 0.143. The molecule has 0 nitrogen and oxygen atoms in total. The molecular weight excluding hydrogens is 180 g/mol. The van der Waals surface area contributed by atoms with Gasteiger partial charge in [-0.25, -0.2) is 0 Å². The van der Waals surface area contributed by atoms with Crippen molar-refractivity contribution >= 4 is 37.0 Å². The number of thiol groups is 2. The summed E-state index contributed by atoms with van der Waals surface area (Å²) in [6.45, 7) is 0. The van der Waals surface area contributed by atoms with Gasteiger partial charge < -0.3 is 0 Å². The predicted octanol–water partition coefficient (Wildman–Crippen LogP) is 2.99. The summed E-state index contributed by atoms with van der Waals surface area (Å²) in [7, 11) is 0. The molecule has 0 bridgehead atoms. The summed E-state index contributed by atoms with van der Waals surface area (Å²) in [6.07, 6.45) is 2.03. The van der Waals surface area contributed by atoms with Gasteiger partial charge in [0.25, 0.3) is 0 Å². The molecule has 0 aromatic heterocycles. The second-order valence-electron chi connectivity index (χ2n) is 1.86. The van der Waals surface area contributed by atoms with Crippen molar-refractivity contribution in [3.8, 4) is 0 Å². The average Bonchev–Trinajstić information content (AvgIpc) is 1.88. The van der Waals surface area contributed by atoms with Crippen molar-refractivity contribution in [3.63, 3.8) is 0 Å². The summed E-state index contributed by atoms with van der Waals surface area (Å²) >= 11 is 10.2. The van der Waals surface area contributed by atoms with Crippen LogP contribution in [0, 0.1) is 0 Å². The lowest BCUT2D eigenvalue weighted by molar-refractivity contribution is 1.20. The van der Waals surface area contributed by atoms with E-state index in [1.165, 1.54) is 4.90 Å². The number of benzene rings is 1. The molecule has 1 aromatic rings. The van der Waals surface area contributed by atoms with E-state index in [1.54, 1.807) is 11.8 Å². The van der Waals surface area contributed by atoms with E-state index in [4.69, 9.17) is 0 Å². The number of rotatable bonds is 1. The maximum Gasteiger partial charge on any atom is 0.0203 e. The summed E-state index contributed by atoms with van der Waals surface area (Å²) in [5, 5.41) is 0. The van der Waals surface area contributed by atoms with Crippen LogP contribution in [0.5, 0.6) is 0 Å². The zero-order valence-electron chi connectivity index (χ0n) is 5.53. The van der Waals surface area contributed by atoms with Crippen LogP contribution in [0.15, 0.2) is 32.9 Å². The van der Waals surface area contributed by atoms with Crippen molar-refractivity contribution in [1.29, 1.82) is 0 Å². The minimum atomic E-state index is 0.961. The number of thioether (sulfide) groups is 1. The highest BCUT2D eigenvalue weighted by atomic mass is 32.2. The highest BCUT2D eigenvalue weighted by Gasteiger charge is 1.95. The molecule has 3 heteroatoms. The molecule has 0 radical (unpaired) electrons. The monoisotopic (exact) mass is 188 g/mol. The van der Waals surface area contributed by atoms with Crippen molar-refractivity contribution in [3.05, 3.63) is 18.2 Å². The molecule has 0 spiro atoms. The Bertz CT molecular complexity index is 232. The molecule has 0 atom stereocenters. The normalized spacial score (nSPS) is 9.90. The quantitative estimate of drug-likeness (QED) is 0.504. The Balaban J connectivity index is 3.07. The van der Waals surface area contributed by atoms with Crippen LogP contribution in [0.2, 0.25) is 0 Å². The lowest BCUT2D eigenvalue weighted by Crippen LogP contribution is -1.73. The van der Waals surface area contributed by atoms with Crippen molar-refractivity contribution in [2.75, 3.05) is 6.26 Å². The first kappa shape index (κ1) is 8.37. The summed E-state index contributed by atoms with van der Waals surface area (Å²) in [4.78, 5) is 3.16. The van der Waals surface area contributed by atoms with E-state index in [0.717, 1.165) is 9.79 Å². The van der Waals surface area contributed by atoms with E-state index < -0.39 is 0 Å². The van der Waals surface area contributed by atoms with Gasteiger partial charge in [-0.3, -0.25) is 0 Å². The first-order valence-corrected chi connectivity index (χ1v) is 4.92. The second-order valence-corrected chi connectivity index (χ2v) is 3.70. The first-order valence-electron chi connectivity index (χ1n) is 2.80. The Morgan fingerprint density at radius 2 is 2.00 bits per heavy atom. The van der Waals surface area contributed by atoms with Crippen LogP contribution in [-0.4, -0.2) is 6.26 Å². The topological polar surface area (TPSA) is 0 Å². The van der Waals surface area contributed by atoms with Crippen molar-refractivity contribution in [2.24, 2.45) is 0 Å². The van der Waals surface area contributed by atoms with Gasteiger partial charge in [0.05, 0.1) is 0 Å². The first-order chi connectivity index (χ1) is 4.74. The molecule has 54 valence electrons. The molecule has 0 fully saturated rings. The molecule has 0 saturated heterocycles. The molecule has 0 saturated carbocycles. The molecule has 0 aliphatic heterocycles. The molecule has 1 rings (SSSR count). The van der Waals surface area contributed by atoms with Gasteiger partial charge in [0.1, 0.15) is 0 Å². The van der Waals surface area contributed by atoms with Crippen LogP contribution in [-0.2, 0) is 0 Å². The van der Waals surface area contributed by atoms with E-state index >= 15 is 0 Å². The van der Waals surface area contributed by atoms with E-state index in [9.17, 15) is 0 Å². The maximum absolute atomic E-state index is 4.28. The number of hydrogen-bond donors (Lipinski definition) is 2. The molecule has 0 aliphatic carbocycles. The molecule has 0 aliphatic rings. The molecule has 0 heterocycles. The zero-order valence-corrected chi connectivity index (χ0v) is 8.14. The third-order valence-corrected chi connectivity index (χ3v) is 2.76. The Labute approximate surface area is 76.2 Å². The SMILES string of the molecule is CSc1ccc(S)cc1S. The minimum absolute atomic E-state index is 0.961. The Morgan fingerprint density at radius 3 is 2.50 bits per heavy atom. The molecule has 1 aromatic carbocycles. The Morgan fingerprint density at radius 1 is 1.30 bits per heavy atom. The van der Waals surface area contributed by atoms with Gasteiger partial charge >= 0.3 is 0 Å². The van der Waals surface area contributed by atoms with E-state index in [2.05, 4.69) is 25.3 Å². The Kier molecular flexibility index (Phi) is 3.01. The minimum Gasteiger partial charge on any atom is -0.143 e. The van der Waals surface area contributed by atoms with Crippen molar-refractivity contribution < 1.29 is 0 Å². The van der Waals surface area contributed by atoms with Gasteiger partial charge in [-0.2, -0.15) is 0 Å². The van der Waals surface area contributed by atoms with Crippen LogP contribution in [0.25, 0.3) is 0 Å². The molecule has 10 heavy (non-hydrogen) atoms. The Hall–Kier alpha value is 0.270. The van der Waals surface area contributed by atoms with Gasteiger partial charge in [-0.15, -0.1) is 37.0 Å². The highest BCUT2D eigenvalue weighted by Crippen LogP contribution is 2.25. The largest absolute Gasteiger partial charge is 0.143 e. The summed E-state index contributed by atoms with van der Waals surface area (Å²) in [6, 6.07) is 5.93. The van der Waals surface area contributed by atoms with E-state index in [1.807, 2.05) is 24.5 Å². The third kappa shape index (κ3) is 1.87. The predicted molar refractivity (Wildman–Crippen MR) is 52.7 cm³/mol. The highest BCUT2D eigenvalue weighted by molar-refractivity contribution is 7.99. The third-order valence-electron chi connectivity index (χ3n) is 1.16. The van der Waals surface area contributed by atoms with Gasteiger partial charge in [0, 0.05) is 14.7 Å². The summed E-state index contributed by atoms with van der Waals surface area (Å²) < 4.78 is 0. The smallest absolute Gasteiger partial charge is 0.0203 e. The summed E-state index contributed by atoms with van der Waals surface area (Å²) in [5.74, 6) is 0. The van der Waals surface area contributed by atoms with Crippen molar-refractivity contribution in [2.45, 2.75) is 14.7 Å². The standard InChI is InChI=1S/C7H8S3/c1-10-7-3-2-5(8)4-6(7)9/h2-4,8-9H,1H3. The average molecular weight is 188 g/mol. The lowest BCUT2D eigenvalue weighted by atomic mass is 10.4. The number of hydrogen-bond acceptors (Lipinski definition) is 3. The fourth-order valence-corrected chi connectivity index (χ4v) is 1.94. The fourth-order valence-electron chi connectivity index (χ4n) is 0.678. The summed E-state index contributed by atoms with van der Waals surface area (Å²) in [5.41, 5.74) is 0. The lowest BCUT2D eigenvalue weighted by Gasteiger charge is -2.00. The maximum atomic E-state index is 4.28. The van der Waals surface area contributed by atoms with Crippen LogP contribution >= 0.6 is 37.0 Å². The van der Waals surface area contributed by atoms with Crippen molar-refractivity contribution in [1.82, 2.24) is 0 Å². The van der Waals surface area contributed by atoms with Gasteiger partial charge in [0.15, 0.2) is 0 Å². The van der Waals surface area contributed by atoms with Crippen LogP contribution in [0.1, 0.15) is 0 Å². The van der Waals surface area contributed by atoms with Crippen LogP contribution in [0.3, 0.4) is 0 Å². The van der Waals surface area contributed by atoms with Gasteiger partial charge in [0.2, 0.25) is 0 Å². The second kappa shape index (κ2) is 3.60. The van der Waals surface area contributed by atoms with Crippen LogP contribution < -0.4 is 0 Å². The van der Waals surface area contributed by atoms with Gasteiger partial charge in [-0.05, 0) is 24.5 Å². The van der Waals surface area contributed by atoms with E-state index in [-0.39, 0.29) is 0 Å². The van der Waals surface area contributed by atoms with E-state index in [0.29, 0.717) is 0 Å². The molecule has 0 N–H and O–H groups in total. The molecule has 0 amide bonds.